The molecule has 0 unspecified atom stereocenters. The molecular formula is C18H11N. The van der Waals surface area contributed by atoms with E-state index in [9.17, 15) is 0 Å². The van der Waals surface area contributed by atoms with E-state index >= 15 is 0 Å². The molecule has 3 aromatic carbocycles. The van der Waals surface area contributed by atoms with E-state index in [1.165, 1.54) is 10.9 Å². The average Bonchev–Trinajstić information content (AvgIpc) is 2.83. The number of benzene rings is 3. The highest BCUT2D eigenvalue weighted by Crippen LogP contribution is 2.30. The Labute approximate surface area is 111 Å². The Hall–Kier alpha value is -2.54. The van der Waals surface area contributed by atoms with Crippen molar-refractivity contribution in [1.29, 1.82) is 0 Å². The predicted octanol–water partition coefficient (Wildman–Crippen LogP) is 4.38. The van der Waals surface area contributed by atoms with Crippen LogP contribution in [0, 0.1) is 12.1 Å². The number of rotatable bonds is 1. The first-order chi connectivity index (χ1) is 9.45. The van der Waals surface area contributed by atoms with Gasteiger partial charge in [0.25, 0.3) is 0 Å². The zero-order valence-corrected chi connectivity index (χ0v) is 10.3. The number of nitrogens with zero attached hydrogens (tertiary/aromatic N) is 1. The first-order valence-corrected chi connectivity index (χ1v) is 6.32. The molecule has 0 saturated carbocycles. The highest BCUT2D eigenvalue weighted by molar-refractivity contribution is 6.08. The van der Waals surface area contributed by atoms with Crippen LogP contribution in [-0.4, -0.2) is 4.57 Å². The molecule has 1 aromatic heterocycles. The molecule has 0 atom stereocenters. The summed E-state index contributed by atoms with van der Waals surface area (Å²) in [5, 5.41) is 2.35. The summed E-state index contributed by atoms with van der Waals surface area (Å²) in [6, 6.07) is 29.3. The van der Waals surface area contributed by atoms with Crippen molar-refractivity contribution >= 4 is 21.8 Å². The summed E-state index contributed by atoms with van der Waals surface area (Å²) < 4.78 is 2.24. The molecule has 1 nitrogen and oxygen atoms in total. The van der Waals surface area contributed by atoms with Gasteiger partial charge in [0.15, 0.2) is 0 Å². The van der Waals surface area contributed by atoms with E-state index in [0.717, 1.165) is 16.6 Å². The molecule has 1 heterocycles. The van der Waals surface area contributed by atoms with Crippen molar-refractivity contribution in [2.24, 2.45) is 0 Å². The molecule has 0 amide bonds. The molecule has 1 heteroatoms. The lowest BCUT2D eigenvalue weighted by molar-refractivity contribution is 1.18. The fourth-order valence-corrected chi connectivity index (χ4v) is 2.61. The minimum atomic E-state index is 1.08. The van der Waals surface area contributed by atoms with Gasteiger partial charge in [0.2, 0.25) is 0 Å². The van der Waals surface area contributed by atoms with E-state index in [0.29, 0.717) is 0 Å². The van der Waals surface area contributed by atoms with Crippen LogP contribution >= 0.6 is 0 Å². The van der Waals surface area contributed by atoms with Crippen molar-refractivity contribution in [3.05, 3.63) is 78.9 Å². The van der Waals surface area contributed by atoms with Crippen LogP contribution in [0.3, 0.4) is 0 Å². The Morgan fingerprint density at radius 2 is 1.47 bits per heavy atom. The lowest BCUT2D eigenvalue weighted by Gasteiger charge is -2.06. The minimum absolute atomic E-state index is 1.08. The van der Waals surface area contributed by atoms with E-state index in [-0.39, 0.29) is 0 Å². The van der Waals surface area contributed by atoms with Crippen LogP contribution in [0.1, 0.15) is 0 Å². The van der Waals surface area contributed by atoms with Gasteiger partial charge in [0.1, 0.15) is 0 Å². The maximum absolute atomic E-state index is 3.34. The number of para-hydroxylation sites is 2. The second-order valence-corrected chi connectivity index (χ2v) is 4.53. The molecule has 2 radical (unpaired) electrons. The van der Waals surface area contributed by atoms with Gasteiger partial charge < -0.3 is 4.57 Å². The Morgan fingerprint density at radius 3 is 2.37 bits per heavy atom. The summed E-state index contributed by atoms with van der Waals surface area (Å²) in [5.41, 5.74) is 3.43. The highest BCUT2D eigenvalue weighted by Gasteiger charge is 2.10. The molecular weight excluding hydrogens is 230 g/mol. The van der Waals surface area contributed by atoms with Gasteiger partial charge in [-0.1, -0.05) is 48.5 Å². The molecule has 0 saturated heterocycles. The summed E-state index contributed by atoms with van der Waals surface area (Å²) in [6.07, 6.45) is 0. The van der Waals surface area contributed by atoms with Crippen LogP contribution in [0.25, 0.3) is 27.5 Å². The van der Waals surface area contributed by atoms with Crippen molar-refractivity contribution in [3.8, 4) is 5.69 Å². The highest BCUT2D eigenvalue weighted by atomic mass is 15.0. The molecule has 4 aromatic rings. The lowest BCUT2D eigenvalue weighted by Crippen LogP contribution is -1.92. The Balaban J connectivity index is 2.24. The number of hydrogen-bond acceptors (Lipinski definition) is 0. The van der Waals surface area contributed by atoms with Crippen LogP contribution in [0.4, 0.5) is 0 Å². The fourth-order valence-electron chi connectivity index (χ4n) is 2.61. The first-order valence-electron chi connectivity index (χ1n) is 6.32. The minimum Gasteiger partial charge on any atom is -0.309 e. The van der Waals surface area contributed by atoms with Crippen molar-refractivity contribution in [2.45, 2.75) is 0 Å². The molecule has 0 N–H and O–H groups in total. The van der Waals surface area contributed by atoms with Gasteiger partial charge in [-0.05, 0) is 24.3 Å². The normalized spacial score (nSPS) is 11.2. The first kappa shape index (κ1) is 10.4. The van der Waals surface area contributed by atoms with Gasteiger partial charge in [0.05, 0.1) is 11.0 Å². The fraction of sp³-hybridized carbons (Fsp3) is 0. The monoisotopic (exact) mass is 241 g/mol. The third-order valence-electron chi connectivity index (χ3n) is 3.42. The van der Waals surface area contributed by atoms with Gasteiger partial charge >= 0.3 is 0 Å². The van der Waals surface area contributed by atoms with E-state index < -0.39 is 0 Å². The molecule has 0 aliphatic rings. The smallest absolute Gasteiger partial charge is 0.0626 e. The number of fused-ring (bicyclic) bond motifs is 3. The molecule has 88 valence electrons. The topological polar surface area (TPSA) is 4.93 Å². The molecule has 0 spiro atoms. The third kappa shape index (κ3) is 1.48. The largest absolute Gasteiger partial charge is 0.309 e. The molecule has 0 aliphatic carbocycles. The summed E-state index contributed by atoms with van der Waals surface area (Å²) in [7, 11) is 0. The van der Waals surface area contributed by atoms with Crippen LogP contribution in [-0.2, 0) is 0 Å². The van der Waals surface area contributed by atoms with Crippen LogP contribution < -0.4 is 0 Å². The summed E-state index contributed by atoms with van der Waals surface area (Å²) >= 11 is 0. The van der Waals surface area contributed by atoms with E-state index in [4.69, 9.17) is 0 Å². The number of hydrogen-bond donors (Lipinski definition) is 0. The van der Waals surface area contributed by atoms with E-state index in [1.807, 2.05) is 18.2 Å². The van der Waals surface area contributed by atoms with Crippen molar-refractivity contribution in [2.75, 3.05) is 0 Å². The van der Waals surface area contributed by atoms with E-state index in [2.05, 4.69) is 65.2 Å². The van der Waals surface area contributed by atoms with Crippen LogP contribution in [0.2, 0.25) is 0 Å². The molecule has 0 bridgehead atoms. The zero-order valence-electron chi connectivity index (χ0n) is 10.3. The van der Waals surface area contributed by atoms with E-state index in [1.54, 1.807) is 0 Å². The van der Waals surface area contributed by atoms with Crippen molar-refractivity contribution in [1.82, 2.24) is 4.57 Å². The Bertz CT molecular complexity index is 803. The van der Waals surface area contributed by atoms with Crippen molar-refractivity contribution < 1.29 is 0 Å². The third-order valence-corrected chi connectivity index (χ3v) is 3.42. The average molecular weight is 241 g/mol. The Morgan fingerprint density at radius 1 is 0.737 bits per heavy atom. The molecule has 4 rings (SSSR count). The van der Waals surface area contributed by atoms with Crippen LogP contribution in [0.5, 0.6) is 0 Å². The second kappa shape index (κ2) is 3.99. The maximum atomic E-state index is 3.34. The summed E-state index contributed by atoms with van der Waals surface area (Å²) in [4.78, 5) is 0. The van der Waals surface area contributed by atoms with Gasteiger partial charge in [-0.3, -0.25) is 0 Å². The van der Waals surface area contributed by atoms with Gasteiger partial charge in [0, 0.05) is 22.5 Å². The van der Waals surface area contributed by atoms with Gasteiger partial charge in [-0.25, -0.2) is 0 Å². The molecule has 0 aliphatic heterocycles. The van der Waals surface area contributed by atoms with Crippen LogP contribution in [0.15, 0.2) is 66.7 Å². The maximum Gasteiger partial charge on any atom is 0.0626 e. The van der Waals surface area contributed by atoms with Gasteiger partial charge in [-0.2, -0.15) is 0 Å². The second-order valence-electron chi connectivity index (χ2n) is 4.53. The standard InChI is InChI=1S/C18H11N/c1-2-8-14(9-3-1)19-17-12-6-4-10-15(17)16-11-5-7-13-18(16)19/h1-10,12H. The summed E-state index contributed by atoms with van der Waals surface area (Å²) in [5.74, 6) is 0. The summed E-state index contributed by atoms with van der Waals surface area (Å²) in [6.45, 7) is 0. The zero-order chi connectivity index (χ0) is 12.7. The van der Waals surface area contributed by atoms with Crippen molar-refractivity contribution in [3.63, 3.8) is 0 Å². The Kier molecular flexibility index (Phi) is 2.18. The lowest BCUT2D eigenvalue weighted by atomic mass is 10.2. The number of aromatic nitrogens is 1. The van der Waals surface area contributed by atoms with Gasteiger partial charge in [-0.15, -0.1) is 0 Å². The predicted molar refractivity (Wildman–Crippen MR) is 78.5 cm³/mol. The molecule has 19 heavy (non-hydrogen) atoms. The quantitative estimate of drug-likeness (QED) is 0.466. The molecule has 0 fully saturated rings. The SMILES string of the molecule is [c]1cc[c]c2c1c1ccccc1n2-c1ccccc1.